The minimum Gasteiger partial charge on any atom is -0.398 e. The average Bonchev–Trinajstić information content (AvgIpc) is 2.19. The van der Waals surface area contributed by atoms with E-state index in [1.165, 1.54) is 0 Å². The highest BCUT2D eigenvalue weighted by Crippen LogP contribution is 2.26. The van der Waals surface area contributed by atoms with E-state index in [0.717, 1.165) is 10.9 Å². The summed E-state index contributed by atoms with van der Waals surface area (Å²) in [7, 11) is 0. The number of rotatable bonds is 1. The number of pyridine rings is 1. The maximum absolute atomic E-state index is 11.6. The van der Waals surface area contributed by atoms with Crippen LogP contribution in [0, 0.1) is 0 Å². The van der Waals surface area contributed by atoms with Crippen molar-refractivity contribution >= 4 is 16.5 Å². The van der Waals surface area contributed by atoms with E-state index in [-0.39, 0.29) is 5.56 Å². The van der Waals surface area contributed by atoms with Crippen molar-refractivity contribution in [2.75, 3.05) is 5.73 Å². The van der Waals surface area contributed by atoms with Crippen LogP contribution in [0.5, 0.6) is 0 Å². The summed E-state index contributed by atoms with van der Waals surface area (Å²) >= 11 is 0. The Bertz CT molecular complexity index is 555. The Morgan fingerprint density at radius 3 is 2.73 bits per heavy atom. The van der Waals surface area contributed by atoms with Gasteiger partial charge in [0.2, 0.25) is 0 Å². The molecule has 0 atom stereocenters. The van der Waals surface area contributed by atoms with E-state index in [0.29, 0.717) is 17.0 Å². The molecule has 0 fully saturated rings. The van der Waals surface area contributed by atoms with Crippen LogP contribution in [0.2, 0.25) is 0 Å². The molecular formula is C12H14N2O. The highest BCUT2D eigenvalue weighted by Gasteiger charge is 2.09. The standard InChI is InChI=1S/C12H14N2O/c1-7(2)9-6-14-12(15)8-4-3-5-10(13)11(8)9/h3-7H,13H2,1-2H3,(H,14,15). The quantitative estimate of drug-likeness (QED) is 0.697. The molecular weight excluding hydrogens is 188 g/mol. The first-order valence-corrected chi connectivity index (χ1v) is 5.01. The van der Waals surface area contributed by atoms with Crippen molar-refractivity contribution in [2.24, 2.45) is 0 Å². The summed E-state index contributed by atoms with van der Waals surface area (Å²) < 4.78 is 0. The normalized spacial score (nSPS) is 11.1. The number of hydrogen-bond acceptors (Lipinski definition) is 2. The number of H-pyrrole nitrogens is 1. The van der Waals surface area contributed by atoms with Crippen molar-refractivity contribution in [2.45, 2.75) is 19.8 Å². The predicted octanol–water partition coefficient (Wildman–Crippen LogP) is 2.23. The van der Waals surface area contributed by atoms with Crippen molar-refractivity contribution in [1.82, 2.24) is 4.98 Å². The Morgan fingerprint density at radius 2 is 2.07 bits per heavy atom. The van der Waals surface area contributed by atoms with Gasteiger partial charge in [-0.25, -0.2) is 0 Å². The zero-order chi connectivity index (χ0) is 11.0. The largest absolute Gasteiger partial charge is 0.398 e. The smallest absolute Gasteiger partial charge is 0.255 e. The van der Waals surface area contributed by atoms with E-state index in [4.69, 9.17) is 5.73 Å². The number of nitrogens with two attached hydrogens (primary N) is 1. The van der Waals surface area contributed by atoms with Crippen LogP contribution in [0.25, 0.3) is 10.8 Å². The third-order valence-electron chi connectivity index (χ3n) is 2.61. The number of fused-ring (bicyclic) bond motifs is 1. The van der Waals surface area contributed by atoms with Crippen LogP contribution in [0.3, 0.4) is 0 Å². The summed E-state index contributed by atoms with van der Waals surface area (Å²) in [4.78, 5) is 14.3. The monoisotopic (exact) mass is 202 g/mol. The van der Waals surface area contributed by atoms with Gasteiger partial charge in [0.25, 0.3) is 5.56 Å². The fourth-order valence-corrected chi connectivity index (χ4v) is 1.83. The van der Waals surface area contributed by atoms with Gasteiger partial charge in [0.15, 0.2) is 0 Å². The van der Waals surface area contributed by atoms with Gasteiger partial charge < -0.3 is 10.7 Å². The average molecular weight is 202 g/mol. The topological polar surface area (TPSA) is 58.9 Å². The highest BCUT2D eigenvalue weighted by atomic mass is 16.1. The molecule has 0 saturated carbocycles. The third-order valence-corrected chi connectivity index (χ3v) is 2.61. The molecule has 2 rings (SSSR count). The van der Waals surface area contributed by atoms with Crippen molar-refractivity contribution in [3.63, 3.8) is 0 Å². The van der Waals surface area contributed by atoms with E-state index in [1.54, 1.807) is 18.3 Å². The fraction of sp³-hybridized carbons (Fsp3) is 0.250. The molecule has 0 aliphatic rings. The molecule has 1 heterocycles. The maximum atomic E-state index is 11.6. The van der Waals surface area contributed by atoms with Gasteiger partial charge in [0.05, 0.1) is 0 Å². The summed E-state index contributed by atoms with van der Waals surface area (Å²) in [6.45, 7) is 4.17. The lowest BCUT2D eigenvalue weighted by molar-refractivity contribution is 0.867. The molecule has 0 aliphatic heterocycles. The van der Waals surface area contributed by atoms with Gasteiger partial charge in [-0.05, 0) is 23.6 Å². The Morgan fingerprint density at radius 1 is 1.33 bits per heavy atom. The molecule has 0 spiro atoms. The Kier molecular flexibility index (Phi) is 2.23. The van der Waals surface area contributed by atoms with Gasteiger partial charge in [-0.1, -0.05) is 19.9 Å². The Hall–Kier alpha value is -1.77. The first-order chi connectivity index (χ1) is 7.11. The second-order valence-corrected chi connectivity index (χ2v) is 4.00. The van der Waals surface area contributed by atoms with Crippen LogP contribution in [0.4, 0.5) is 5.69 Å². The lowest BCUT2D eigenvalue weighted by atomic mass is 9.97. The lowest BCUT2D eigenvalue weighted by Gasteiger charge is -2.10. The summed E-state index contributed by atoms with van der Waals surface area (Å²) in [5.41, 5.74) is 7.58. The molecule has 0 radical (unpaired) electrons. The van der Waals surface area contributed by atoms with Crippen LogP contribution < -0.4 is 11.3 Å². The van der Waals surface area contributed by atoms with Crippen LogP contribution in [0.1, 0.15) is 25.3 Å². The molecule has 0 bridgehead atoms. The molecule has 1 aromatic carbocycles. The van der Waals surface area contributed by atoms with E-state index >= 15 is 0 Å². The summed E-state index contributed by atoms with van der Waals surface area (Å²) in [6, 6.07) is 5.43. The second kappa shape index (κ2) is 3.42. The van der Waals surface area contributed by atoms with E-state index in [2.05, 4.69) is 18.8 Å². The molecule has 3 heteroatoms. The van der Waals surface area contributed by atoms with Gasteiger partial charge in [-0.15, -0.1) is 0 Å². The number of benzene rings is 1. The number of nitrogen functional groups attached to an aromatic ring is 1. The number of nitrogens with one attached hydrogen (secondary N) is 1. The van der Waals surface area contributed by atoms with E-state index in [1.807, 2.05) is 6.07 Å². The van der Waals surface area contributed by atoms with E-state index in [9.17, 15) is 4.79 Å². The zero-order valence-corrected chi connectivity index (χ0v) is 8.87. The maximum Gasteiger partial charge on any atom is 0.255 e. The number of hydrogen-bond donors (Lipinski definition) is 2. The van der Waals surface area contributed by atoms with Crippen molar-refractivity contribution < 1.29 is 0 Å². The summed E-state index contributed by atoms with van der Waals surface area (Å²) in [5, 5.41) is 1.55. The highest BCUT2D eigenvalue weighted by molar-refractivity contribution is 5.95. The summed E-state index contributed by atoms with van der Waals surface area (Å²) in [6.07, 6.45) is 1.76. The SMILES string of the molecule is CC(C)c1c[nH]c(=O)c2cccc(N)c12. The molecule has 3 N–H and O–H groups in total. The fourth-order valence-electron chi connectivity index (χ4n) is 1.83. The van der Waals surface area contributed by atoms with Crippen LogP contribution >= 0.6 is 0 Å². The molecule has 15 heavy (non-hydrogen) atoms. The molecule has 0 aliphatic carbocycles. The number of aromatic nitrogens is 1. The van der Waals surface area contributed by atoms with Gasteiger partial charge in [-0.2, -0.15) is 0 Å². The van der Waals surface area contributed by atoms with Crippen molar-refractivity contribution in [1.29, 1.82) is 0 Å². The van der Waals surface area contributed by atoms with E-state index < -0.39 is 0 Å². The molecule has 0 saturated heterocycles. The van der Waals surface area contributed by atoms with Crippen LogP contribution in [0.15, 0.2) is 29.2 Å². The number of aromatic amines is 1. The predicted molar refractivity (Wildman–Crippen MR) is 63.1 cm³/mol. The number of anilines is 1. The minimum atomic E-state index is -0.0818. The van der Waals surface area contributed by atoms with Crippen molar-refractivity contribution in [3.05, 3.63) is 40.3 Å². The zero-order valence-electron chi connectivity index (χ0n) is 8.87. The van der Waals surface area contributed by atoms with Crippen molar-refractivity contribution in [3.8, 4) is 0 Å². The summed E-state index contributed by atoms with van der Waals surface area (Å²) in [5.74, 6) is 0.342. The molecule has 0 unspecified atom stereocenters. The van der Waals surface area contributed by atoms with Gasteiger partial charge in [0.1, 0.15) is 0 Å². The van der Waals surface area contributed by atoms with Crippen LogP contribution in [-0.2, 0) is 0 Å². The molecule has 0 amide bonds. The Balaban J connectivity index is 2.97. The first kappa shape index (κ1) is 9.77. The molecule has 1 aromatic heterocycles. The van der Waals surface area contributed by atoms with Gasteiger partial charge in [-0.3, -0.25) is 4.79 Å². The second-order valence-electron chi connectivity index (χ2n) is 4.00. The Labute approximate surface area is 87.9 Å². The lowest BCUT2D eigenvalue weighted by Crippen LogP contribution is -2.09. The minimum absolute atomic E-state index is 0.0818. The third kappa shape index (κ3) is 1.50. The first-order valence-electron chi connectivity index (χ1n) is 5.01. The van der Waals surface area contributed by atoms with Gasteiger partial charge in [0, 0.05) is 22.7 Å². The molecule has 78 valence electrons. The molecule has 2 aromatic rings. The van der Waals surface area contributed by atoms with Gasteiger partial charge >= 0.3 is 0 Å². The van der Waals surface area contributed by atoms with Crippen LogP contribution in [-0.4, -0.2) is 4.98 Å². The molecule has 3 nitrogen and oxygen atoms in total.